The topological polar surface area (TPSA) is 58.2 Å². The van der Waals surface area contributed by atoms with Gasteiger partial charge in [0.25, 0.3) is 0 Å². The summed E-state index contributed by atoms with van der Waals surface area (Å²) in [6, 6.07) is 5.60. The van der Waals surface area contributed by atoms with Gasteiger partial charge in [0, 0.05) is 24.7 Å². The average molecular weight is 294 g/mol. The minimum atomic E-state index is -0.119. The lowest BCUT2D eigenvalue weighted by atomic mass is 10.1. The van der Waals surface area contributed by atoms with Crippen LogP contribution in [0.2, 0.25) is 0 Å². The van der Waals surface area contributed by atoms with Crippen LogP contribution in [-0.4, -0.2) is 23.8 Å². The Balaban J connectivity index is 2.74. The van der Waals surface area contributed by atoms with Crippen molar-refractivity contribution in [2.75, 3.05) is 22.6 Å². The summed E-state index contributed by atoms with van der Waals surface area (Å²) in [5, 5.41) is 5.66. The molecule has 20 heavy (non-hydrogen) atoms. The van der Waals surface area contributed by atoms with Gasteiger partial charge in [0.2, 0.25) is 11.8 Å². The van der Waals surface area contributed by atoms with Crippen LogP contribution in [0.25, 0.3) is 0 Å². The Labute approximate surface area is 124 Å². The molecule has 0 saturated carbocycles. The molecule has 0 bridgehead atoms. The maximum atomic E-state index is 11.9. The maximum absolute atomic E-state index is 11.9. The Morgan fingerprint density at radius 3 is 2.60 bits per heavy atom. The zero-order chi connectivity index (χ0) is 15.0. The summed E-state index contributed by atoms with van der Waals surface area (Å²) >= 11 is 1.74. The predicted molar refractivity (Wildman–Crippen MR) is 86.4 cm³/mol. The van der Waals surface area contributed by atoms with Gasteiger partial charge in [0.05, 0.1) is 0 Å². The van der Waals surface area contributed by atoms with Gasteiger partial charge < -0.3 is 10.6 Å². The molecule has 1 aromatic rings. The third-order valence-corrected chi connectivity index (χ3v) is 3.53. The highest BCUT2D eigenvalue weighted by atomic mass is 32.2. The SMILES string of the molecule is CCc1ccc(NC(C)=O)cc1NC(=O)CCCSC. The van der Waals surface area contributed by atoms with Crippen molar-refractivity contribution in [3.63, 3.8) is 0 Å². The van der Waals surface area contributed by atoms with Gasteiger partial charge in [0.15, 0.2) is 0 Å². The van der Waals surface area contributed by atoms with Crippen molar-refractivity contribution in [3.05, 3.63) is 23.8 Å². The van der Waals surface area contributed by atoms with Crippen LogP contribution in [0.1, 0.15) is 32.3 Å². The van der Waals surface area contributed by atoms with Crippen molar-refractivity contribution in [2.24, 2.45) is 0 Å². The zero-order valence-electron chi connectivity index (χ0n) is 12.3. The Morgan fingerprint density at radius 2 is 2.00 bits per heavy atom. The van der Waals surface area contributed by atoms with Gasteiger partial charge in [-0.25, -0.2) is 0 Å². The van der Waals surface area contributed by atoms with Crippen molar-refractivity contribution in [2.45, 2.75) is 33.1 Å². The third kappa shape index (κ3) is 5.65. The van der Waals surface area contributed by atoms with Crippen LogP contribution in [0.3, 0.4) is 0 Å². The molecule has 0 aliphatic carbocycles. The normalized spacial score (nSPS) is 10.2. The molecule has 0 aliphatic heterocycles. The molecule has 0 atom stereocenters. The first-order valence-electron chi connectivity index (χ1n) is 6.76. The standard InChI is InChI=1S/C15H22N2O2S/c1-4-12-7-8-13(16-11(2)18)10-14(12)17-15(19)6-5-9-20-3/h7-8,10H,4-6,9H2,1-3H3,(H,16,18)(H,17,19). The van der Waals surface area contributed by atoms with Crippen LogP contribution >= 0.6 is 11.8 Å². The van der Waals surface area contributed by atoms with Crippen LogP contribution in [0.15, 0.2) is 18.2 Å². The van der Waals surface area contributed by atoms with E-state index < -0.39 is 0 Å². The molecule has 5 heteroatoms. The van der Waals surface area contributed by atoms with E-state index in [1.807, 2.05) is 31.4 Å². The van der Waals surface area contributed by atoms with Gasteiger partial charge in [-0.15, -0.1) is 0 Å². The highest BCUT2D eigenvalue weighted by molar-refractivity contribution is 7.98. The number of anilines is 2. The summed E-state index contributed by atoms with van der Waals surface area (Å²) in [4.78, 5) is 23.0. The molecule has 1 aromatic carbocycles. The Bertz CT molecular complexity index is 475. The van der Waals surface area contributed by atoms with Crippen molar-refractivity contribution in [3.8, 4) is 0 Å². The first-order valence-corrected chi connectivity index (χ1v) is 8.15. The molecule has 1 rings (SSSR count). The molecule has 0 heterocycles. The highest BCUT2D eigenvalue weighted by Gasteiger charge is 2.07. The fourth-order valence-electron chi connectivity index (χ4n) is 1.87. The highest BCUT2D eigenvalue weighted by Crippen LogP contribution is 2.22. The van der Waals surface area contributed by atoms with Gasteiger partial charge in [-0.05, 0) is 42.5 Å². The fourth-order valence-corrected chi connectivity index (χ4v) is 2.30. The molecule has 0 radical (unpaired) electrons. The lowest BCUT2D eigenvalue weighted by molar-refractivity contribution is -0.116. The molecular weight excluding hydrogens is 272 g/mol. The number of nitrogens with one attached hydrogen (secondary N) is 2. The largest absolute Gasteiger partial charge is 0.326 e. The molecule has 0 aliphatic rings. The summed E-state index contributed by atoms with van der Waals surface area (Å²) in [6.45, 7) is 3.51. The number of hydrogen-bond acceptors (Lipinski definition) is 3. The zero-order valence-corrected chi connectivity index (χ0v) is 13.1. The van der Waals surface area contributed by atoms with Crippen LogP contribution in [0, 0.1) is 0 Å². The van der Waals surface area contributed by atoms with E-state index in [1.54, 1.807) is 11.8 Å². The maximum Gasteiger partial charge on any atom is 0.224 e. The van der Waals surface area contributed by atoms with Gasteiger partial charge in [-0.2, -0.15) is 11.8 Å². The van der Waals surface area contributed by atoms with Crippen LogP contribution in [0.5, 0.6) is 0 Å². The van der Waals surface area contributed by atoms with E-state index in [1.165, 1.54) is 6.92 Å². The monoisotopic (exact) mass is 294 g/mol. The summed E-state index contributed by atoms with van der Waals surface area (Å²) < 4.78 is 0. The second kappa shape index (κ2) is 8.64. The molecule has 110 valence electrons. The van der Waals surface area contributed by atoms with Crippen LogP contribution in [0.4, 0.5) is 11.4 Å². The number of hydrogen-bond donors (Lipinski definition) is 2. The van der Waals surface area contributed by atoms with E-state index in [2.05, 4.69) is 10.6 Å². The van der Waals surface area contributed by atoms with Crippen LogP contribution in [-0.2, 0) is 16.0 Å². The first-order chi connectivity index (χ1) is 9.56. The third-order valence-electron chi connectivity index (χ3n) is 2.84. The quantitative estimate of drug-likeness (QED) is 0.759. The number of thioether (sulfide) groups is 1. The van der Waals surface area contributed by atoms with Gasteiger partial charge in [-0.3, -0.25) is 9.59 Å². The lowest BCUT2D eigenvalue weighted by Gasteiger charge is -2.12. The van der Waals surface area contributed by atoms with E-state index in [0.29, 0.717) is 12.1 Å². The Morgan fingerprint density at radius 1 is 1.25 bits per heavy atom. The van der Waals surface area contributed by atoms with E-state index in [4.69, 9.17) is 0 Å². The second-order valence-corrected chi connectivity index (χ2v) is 5.54. The number of carbonyl (C=O) groups excluding carboxylic acids is 2. The lowest BCUT2D eigenvalue weighted by Crippen LogP contribution is -2.14. The number of amides is 2. The molecule has 0 unspecified atom stereocenters. The van der Waals surface area contributed by atoms with Gasteiger partial charge in [0.1, 0.15) is 0 Å². The van der Waals surface area contributed by atoms with Crippen molar-refractivity contribution >= 4 is 35.0 Å². The van der Waals surface area contributed by atoms with Crippen molar-refractivity contribution < 1.29 is 9.59 Å². The number of carbonyl (C=O) groups is 2. The van der Waals surface area contributed by atoms with Crippen LogP contribution < -0.4 is 10.6 Å². The molecule has 0 spiro atoms. The number of benzene rings is 1. The summed E-state index contributed by atoms with van der Waals surface area (Å²) in [6.07, 6.45) is 4.26. The van der Waals surface area contributed by atoms with Gasteiger partial charge in [-0.1, -0.05) is 13.0 Å². The van der Waals surface area contributed by atoms with Crippen molar-refractivity contribution in [1.29, 1.82) is 0 Å². The minimum absolute atomic E-state index is 0.0220. The molecular formula is C15H22N2O2S. The molecule has 0 saturated heterocycles. The Kier molecular flexibility index (Phi) is 7.15. The van der Waals surface area contributed by atoms with Gasteiger partial charge >= 0.3 is 0 Å². The summed E-state index contributed by atoms with van der Waals surface area (Å²) in [7, 11) is 0. The summed E-state index contributed by atoms with van der Waals surface area (Å²) in [5.41, 5.74) is 2.55. The van der Waals surface area contributed by atoms with E-state index >= 15 is 0 Å². The number of rotatable bonds is 7. The molecule has 4 nitrogen and oxygen atoms in total. The van der Waals surface area contributed by atoms with E-state index in [9.17, 15) is 9.59 Å². The smallest absolute Gasteiger partial charge is 0.224 e. The first kappa shape index (κ1) is 16.6. The Hall–Kier alpha value is -1.49. The summed E-state index contributed by atoms with van der Waals surface area (Å²) in [5.74, 6) is 0.889. The van der Waals surface area contributed by atoms with E-state index in [0.717, 1.165) is 29.8 Å². The molecule has 0 aromatic heterocycles. The molecule has 0 fully saturated rings. The van der Waals surface area contributed by atoms with E-state index in [-0.39, 0.29) is 11.8 Å². The van der Waals surface area contributed by atoms with Crippen molar-refractivity contribution in [1.82, 2.24) is 0 Å². The second-order valence-electron chi connectivity index (χ2n) is 4.55. The molecule has 2 amide bonds. The number of aryl methyl sites for hydroxylation is 1. The molecule has 2 N–H and O–H groups in total. The minimum Gasteiger partial charge on any atom is -0.326 e. The fraction of sp³-hybridized carbons (Fsp3) is 0.467. The average Bonchev–Trinajstić information content (AvgIpc) is 2.38. The predicted octanol–water partition coefficient (Wildman–Crippen LogP) is 3.29.